The molecule has 0 heterocycles. The third-order valence-corrected chi connectivity index (χ3v) is 14.2. The third kappa shape index (κ3) is 4.75. The number of esters is 2. The lowest BCUT2D eigenvalue weighted by molar-refractivity contribution is -0.207. The summed E-state index contributed by atoms with van der Waals surface area (Å²) < 4.78 is 12.2. The van der Waals surface area contributed by atoms with Gasteiger partial charge in [-0.1, -0.05) is 90.4 Å². The van der Waals surface area contributed by atoms with Gasteiger partial charge in [0.1, 0.15) is 12.7 Å². The topological polar surface area (TPSA) is 52.6 Å². The van der Waals surface area contributed by atoms with Crippen LogP contribution in [0.4, 0.5) is 0 Å². The fourth-order valence-corrected chi connectivity index (χ4v) is 12.0. The molecule has 4 nitrogen and oxygen atoms in total. The van der Waals surface area contributed by atoms with E-state index in [0.717, 1.165) is 56.9 Å². The number of hydrogen-bond acceptors (Lipinski definition) is 4. The largest absolute Gasteiger partial charge is 0.463 e. The lowest BCUT2D eigenvalue weighted by Gasteiger charge is -2.71. The number of carbonyl (C=O) groups excluding carboxylic acids is 2. The molecule has 0 bridgehead atoms. The number of ether oxygens (including phenoxy) is 2. The van der Waals surface area contributed by atoms with Crippen LogP contribution in [0.25, 0.3) is 0 Å². The number of allylic oxidation sites excluding steroid dienone is 2. The van der Waals surface area contributed by atoms with Gasteiger partial charge < -0.3 is 9.47 Å². The lowest BCUT2D eigenvalue weighted by atomic mass is 9.33. The van der Waals surface area contributed by atoms with Gasteiger partial charge in [0.25, 0.3) is 0 Å². The van der Waals surface area contributed by atoms with Crippen LogP contribution in [-0.2, 0) is 25.7 Å². The van der Waals surface area contributed by atoms with E-state index in [9.17, 15) is 9.59 Å². The summed E-state index contributed by atoms with van der Waals surface area (Å²) in [5, 5.41) is 0. The standard InChI is InChI=1S/C39H56O4/c1-26(40)43-28-22-35(4,5)31-16-17-38(8)32(36(31,6)23-28)15-14-29-30-24-34(2,3)18-20-39(30,21-19-37(29,38)7)33(41)42-25-27-12-10-9-11-13-27/h9-14,28,30-32H,15-25H2,1-8H3/t28-,30+,31+,32-,36+,37-,38-,39+/m1/s1. The maximum absolute atomic E-state index is 14.2. The minimum atomic E-state index is -0.423. The van der Waals surface area contributed by atoms with E-state index in [4.69, 9.17) is 9.47 Å². The Labute approximate surface area is 260 Å². The summed E-state index contributed by atoms with van der Waals surface area (Å²) in [5.41, 5.74) is 2.83. The van der Waals surface area contributed by atoms with Crippen molar-refractivity contribution in [2.75, 3.05) is 0 Å². The van der Waals surface area contributed by atoms with Crippen molar-refractivity contribution in [2.24, 2.45) is 50.2 Å². The van der Waals surface area contributed by atoms with Gasteiger partial charge >= 0.3 is 11.9 Å². The van der Waals surface area contributed by atoms with Gasteiger partial charge in [0, 0.05) is 6.92 Å². The van der Waals surface area contributed by atoms with Crippen LogP contribution in [0.15, 0.2) is 42.0 Å². The normalized spacial score (nSPS) is 42.7. The van der Waals surface area contributed by atoms with Gasteiger partial charge in [-0.25, -0.2) is 0 Å². The highest BCUT2D eigenvalue weighted by Gasteiger charge is 2.69. The average Bonchev–Trinajstić information content (AvgIpc) is 2.91. The molecule has 0 aromatic heterocycles. The Kier molecular flexibility index (Phi) is 7.34. The number of hydrogen-bond donors (Lipinski definition) is 0. The molecule has 5 aliphatic rings. The monoisotopic (exact) mass is 588 g/mol. The maximum Gasteiger partial charge on any atom is 0.313 e. The summed E-state index contributed by atoms with van der Waals surface area (Å²) in [6.07, 6.45) is 13.1. The SMILES string of the molecule is CC(=O)O[C@@H]1CC(C)(C)[C@@H]2CC[C@]3(C)[C@H](CC=C4[C@@H]5CC(C)(C)CC[C@]5(C(=O)OCc5ccccc5)CC[C@]43C)[C@@]2(C)C1. The summed E-state index contributed by atoms with van der Waals surface area (Å²) in [6, 6.07) is 10.1. The van der Waals surface area contributed by atoms with Crippen LogP contribution in [0.2, 0.25) is 0 Å². The minimum absolute atomic E-state index is 0.00758. The van der Waals surface area contributed by atoms with Crippen LogP contribution in [0.3, 0.4) is 0 Å². The third-order valence-electron chi connectivity index (χ3n) is 14.2. The fourth-order valence-electron chi connectivity index (χ4n) is 12.0. The Morgan fingerprint density at radius 2 is 1.53 bits per heavy atom. The molecule has 43 heavy (non-hydrogen) atoms. The van der Waals surface area contributed by atoms with E-state index in [1.165, 1.54) is 12.8 Å². The first-order valence-electron chi connectivity index (χ1n) is 17.2. The van der Waals surface area contributed by atoms with Crippen molar-refractivity contribution in [1.29, 1.82) is 0 Å². The Morgan fingerprint density at radius 3 is 2.23 bits per heavy atom. The van der Waals surface area contributed by atoms with Crippen molar-refractivity contribution >= 4 is 11.9 Å². The molecule has 0 aliphatic heterocycles. The van der Waals surface area contributed by atoms with E-state index < -0.39 is 5.41 Å². The number of carbonyl (C=O) groups is 2. The Hall–Kier alpha value is -2.10. The molecule has 4 saturated carbocycles. The minimum Gasteiger partial charge on any atom is -0.463 e. The molecule has 6 rings (SSSR count). The van der Waals surface area contributed by atoms with E-state index >= 15 is 0 Å². The van der Waals surface area contributed by atoms with Crippen molar-refractivity contribution < 1.29 is 19.1 Å². The molecular formula is C39H56O4. The molecule has 1 aromatic carbocycles. The van der Waals surface area contributed by atoms with Crippen molar-refractivity contribution in [1.82, 2.24) is 0 Å². The Bertz CT molecular complexity index is 1290. The highest BCUT2D eigenvalue weighted by atomic mass is 16.5. The second-order valence-corrected chi connectivity index (χ2v) is 17.6. The summed E-state index contributed by atoms with van der Waals surface area (Å²) in [6.45, 7) is 19.3. The number of fused-ring (bicyclic) bond motifs is 7. The highest BCUT2D eigenvalue weighted by molar-refractivity contribution is 5.79. The number of benzene rings is 1. The molecule has 1 aromatic rings. The second kappa shape index (κ2) is 10.2. The maximum atomic E-state index is 14.2. The summed E-state index contributed by atoms with van der Waals surface area (Å²) in [7, 11) is 0. The van der Waals surface area contributed by atoms with Crippen molar-refractivity contribution in [3.8, 4) is 0 Å². The Balaban J connectivity index is 1.36. The van der Waals surface area contributed by atoms with Gasteiger partial charge in [0.05, 0.1) is 5.41 Å². The molecule has 0 amide bonds. The zero-order valence-electron chi connectivity index (χ0n) is 28.2. The predicted molar refractivity (Wildman–Crippen MR) is 171 cm³/mol. The average molecular weight is 589 g/mol. The van der Waals surface area contributed by atoms with Gasteiger partial charge in [-0.2, -0.15) is 0 Å². The molecule has 236 valence electrons. The molecule has 0 saturated heterocycles. The van der Waals surface area contributed by atoms with Crippen LogP contribution < -0.4 is 0 Å². The molecule has 4 heteroatoms. The van der Waals surface area contributed by atoms with Gasteiger partial charge in [-0.05, 0) is 115 Å². The molecule has 0 spiro atoms. The first kappa shape index (κ1) is 30.9. The first-order valence-corrected chi connectivity index (χ1v) is 17.2. The smallest absolute Gasteiger partial charge is 0.313 e. The second-order valence-electron chi connectivity index (χ2n) is 17.6. The van der Waals surface area contributed by atoms with Crippen molar-refractivity contribution in [3.63, 3.8) is 0 Å². The zero-order valence-corrected chi connectivity index (χ0v) is 28.2. The van der Waals surface area contributed by atoms with Gasteiger partial charge in [-0.15, -0.1) is 0 Å². The molecule has 4 fully saturated rings. The van der Waals surface area contributed by atoms with Gasteiger partial charge in [-0.3, -0.25) is 9.59 Å². The Morgan fingerprint density at radius 1 is 0.837 bits per heavy atom. The van der Waals surface area contributed by atoms with E-state index in [2.05, 4.69) is 54.5 Å². The molecule has 0 unspecified atom stereocenters. The lowest BCUT2D eigenvalue weighted by Crippen LogP contribution is -2.65. The quantitative estimate of drug-likeness (QED) is 0.260. The fraction of sp³-hybridized carbons (Fsp3) is 0.744. The van der Waals surface area contributed by atoms with E-state index in [0.29, 0.717) is 18.4 Å². The highest BCUT2D eigenvalue weighted by Crippen LogP contribution is 2.76. The van der Waals surface area contributed by atoms with Crippen LogP contribution in [-0.4, -0.2) is 18.0 Å². The van der Waals surface area contributed by atoms with Crippen molar-refractivity contribution in [3.05, 3.63) is 47.5 Å². The van der Waals surface area contributed by atoms with E-state index in [1.54, 1.807) is 12.5 Å². The molecule has 8 atom stereocenters. The molecule has 5 aliphatic carbocycles. The summed E-state index contributed by atoms with van der Waals surface area (Å²) in [5.74, 6) is 1.26. The number of rotatable bonds is 4. The van der Waals surface area contributed by atoms with Gasteiger partial charge in [0.15, 0.2) is 0 Å². The summed E-state index contributed by atoms with van der Waals surface area (Å²) >= 11 is 0. The summed E-state index contributed by atoms with van der Waals surface area (Å²) in [4.78, 5) is 26.3. The molecule has 0 radical (unpaired) electrons. The molecular weight excluding hydrogens is 532 g/mol. The van der Waals surface area contributed by atoms with Crippen LogP contribution in [0, 0.1) is 50.2 Å². The van der Waals surface area contributed by atoms with Crippen molar-refractivity contribution in [2.45, 2.75) is 132 Å². The van der Waals surface area contributed by atoms with Crippen LogP contribution in [0.5, 0.6) is 0 Å². The van der Waals surface area contributed by atoms with Crippen LogP contribution in [0.1, 0.15) is 125 Å². The molecule has 0 N–H and O–H groups in total. The predicted octanol–water partition coefficient (Wildman–Crippen LogP) is 9.46. The zero-order chi connectivity index (χ0) is 31.1. The first-order chi connectivity index (χ1) is 20.1. The van der Waals surface area contributed by atoms with E-state index in [-0.39, 0.29) is 51.0 Å². The van der Waals surface area contributed by atoms with Crippen LogP contribution >= 0.6 is 0 Å². The van der Waals surface area contributed by atoms with E-state index in [1.807, 2.05) is 30.3 Å². The van der Waals surface area contributed by atoms with Gasteiger partial charge in [0.2, 0.25) is 0 Å².